The molecule has 1 heterocycles. The molecule has 0 spiro atoms. The monoisotopic (exact) mass is 308 g/mol. The Kier molecular flexibility index (Phi) is 3.99. The second-order valence-corrected chi connectivity index (χ2v) is 4.65. The molecule has 2 rings (SSSR count). The molecule has 5 nitrogen and oxygen atoms in total. The number of carbonyl (C=O) groups is 1. The Balaban J connectivity index is 1.93. The lowest BCUT2D eigenvalue weighted by atomic mass is 10.2. The second kappa shape index (κ2) is 5.68. The van der Waals surface area contributed by atoms with Gasteiger partial charge in [0.05, 0.1) is 11.9 Å². The van der Waals surface area contributed by atoms with Gasteiger partial charge >= 0.3 is 0 Å². The summed E-state index contributed by atoms with van der Waals surface area (Å²) in [4.78, 5) is 15.9. The molecule has 3 N–H and O–H groups in total. The van der Waals surface area contributed by atoms with Gasteiger partial charge in [0.15, 0.2) is 0 Å². The topological polar surface area (TPSA) is 72.9 Å². The highest BCUT2D eigenvalue weighted by molar-refractivity contribution is 9.10. The van der Waals surface area contributed by atoms with Crippen molar-refractivity contribution in [3.8, 4) is 0 Å². The Bertz CT molecular complexity index is 539. The molecule has 0 bridgehead atoms. The highest BCUT2D eigenvalue weighted by atomic mass is 79.9. The van der Waals surface area contributed by atoms with Gasteiger partial charge in [-0.1, -0.05) is 0 Å². The van der Waals surface area contributed by atoms with E-state index >= 15 is 0 Å². The Morgan fingerprint density at radius 3 is 3.06 bits per heavy atom. The van der Waals surface area contributed by atoms with Gasteiger partial charge in [-0.2, -0.15) is 0 Å². The van der Waals surface area contributed by atoms with Crippen molar-refractivity contribution < 1.29 is 4.79 Å². The van der Waals surface area contributed by atoms with E-state index in [9.17, 15) is 4.79 Å². The quantitative estimate of drug-likeness (QED) is 0.844. The molecule has 0 radical (unpaired) electrons. The lowest BCUT2D eigenvalue weighted by Crippen LogP contribution is -2.27. The van der Waals surface area contributed by atoms with Gasteiger partial charge in [0, 0.05) is 35.6 Å². The molecule has 0 saturated carbocycles. The molecular weight excluding hydrogens is 296 g/mol. The van der Waals surface area contributed by atoms with Crippen LogP contribution in [0.15, 0.2) is 41.4 Å². The van der Waals surface area contributed by atoms with Crippen LogP contribution in [0.4, 0.5) is 5.69 Å². The highest BCUT2D eigenvalue weighted by Gasteiger charge is 2.09. The van der Waals surface area contributed by atoms with E-state index in [-0.39, 0.29) is 5.91 Å². The summed E-state index contributed by atoms with van der Waals surface area (Å²) in [6.07, 6.45) is 5.27. The van der Waals surface area contributed by atoms with Crippen molar-refractivity contribution in [1.29, 1.82) is 0 Å². The van der Waals surface area contributed by atoms with Gasteiger partial charge in [-0.3, -0.25) is 4.79 Å². The summed E-state index contributed by atoms with van der Waals surface area (Å²) in [5.74, 6) is -0.144. The number of benzene rings is 1. The maximum Gasteiger partial charge on any atom is 0.252 e. The number of aromatic nitrogens is 2. The minimum absolute atomic E-state index is 0.144. The molecule has 0 aliphatic heterocycles. The second-order valence-electron chi connectivity index (χ2n) is 3.80. The molecule has 0 atom stereocenters. The SMILES string of the molecule is Nc1ccc(Br)c(C(=O)NCCn2ccnc2)c1. The van der Waals surface area contributed by atoms with Crippen LogP contribution in [0.2, 0.25) is 0 Å². The third kappa shape index (κ3) is 3.10. The third-order valence-corrected chi connectivity index (χ3v) is 3.14. The number of imidazole rings is 1. The first-order valence-electron chi connectivity index (χ1n) is 5.46. The number of hydrogen-bond acceptors (Lipinski definition) is 3. The number of nitrogens with two attached hydrogens (primary N) is 1. The normalized spacial score (nSPS) is 10.3. The van der Waals surface area contributed by atoms with Crippen LogP contribution in [0.3, 0.4) is 0 Å². The number of rotatable bonds is 4. The molecule has 6 heteroatoms. The summed E-state index contributed by atoms with van der Waals surface area (Å²) < 4.78 is 2.63. The third-order valence-electron chi connectivity index (χ3n) is 2.45. The molecule has 2 aromatic rings. The number of nitrogen functional groups attached to an aromatic ring is 1. The molecule has 1 aromatic heterocycles. The van der Waals surface area contributed by atoms with Gasteiger partial charge in [0.2, 0.25) is 0 Å². The van der Waals surface area contributed by atoms with Crippen LogP contribution in [0.25, 0.3) is 0 Å². The van der Waals surface area contributed by atoms with E-state index in [4.69, 9.17) is 5.73 Å². The zero-order valence-electron chi connectivity index (χ0n) is 9.64. The molecule has 0 fully saturated rings. The van der Waals surface area contributed by atoms with Gasteiger partial charge in [0.1, 0.15) is 0 Å². The van der Waals surface area contributed by atoms with Crippen molar-refractivity contribution in [1.82, 2.24) is 14.9 Å². The summed E-state index contributed by atoms with van der Waals surface area (Å²) in [6, 6.07) is 5.16. The Morgan fingerprint density at radius 1 is 1.50 bits per heavy atom. The first-order valence-corrected chi connectivity index (χ1v) is 6.25. The average molecular weight is 309 g/mol. The van der Waals surface area contributed by atoms with E-state index in [1.165, 1.54) is 0 Å². The number of anilines is 1. The van der Waals surface area contributed by atoms with Gasteiger partial charge in [0.25, 0.3) is 5.91 Å². The summed E-state index contributed by atoms with van der Waals surface area (Å²) in [7, 11) is 0. The minimum atomic E-state index is -0.144. The van der Waals surface area contributed by atoms with Gasteiger partial charge in [-0.15, -0.1) is 0 Å². The highest BCUT2D eigenvalue weighted by Crippen LogP contribution is 2.19. The maximum absolute atomic E-state index is 11.9. The van der Waals surface area contributed by atoms with Crippen LogP contribution in [0.5, 0.6) is 0 Å². The van der Waals surface area contributed by atoms with E-state index in [1.54, 1.807) is 30.7 Å². The van der Waals surface area contributed by atoms with Crippen molar-refractivity contribution in [3.63, 3.8) is 0 Å². The largest absolute Gasteiger partial charge is 0.399 e. The summed E-state index contributed by atoms with van der Waals surface area (Å²) in [5.41, 5.74) is 6.77. The average Bonchev–Trinajstić information content (AvgIpc) is 2.85. The molecule has 0 aliphatic rings. The number of nitrogens with zero attached hydrogens (tertiary/aromatic N) is 2. The van der Waals surface area contributed by atoms with Crippen LogP contribution < -0.4 is 11.1 Å². The predicted molar refractivity (Wildman–Crippen MR) is 73.1 cm³/mol. The van der Waals surface area contributed by atoms with Gasteiger partial charge < -0.3 is 15.6 Å². The number of halogens is 1. The van der Waals surface area contributed by atoms with Crippen molar-refractivity contribution in [2.24, 2.45) is 0 Å². The molecule has 0 unspecified atom stereocenters. The fourth-order valence-corrected chi connectivity index (χ4v) is 1.96. The van der Waals surface area contributed by atoms with Crippen LogP contribution in [0.1, 0.15) is 10.4 Å². The molecule has 1 amide bonds. The molecule has 1 aromatic carbocycles. The van der Waals surface area contributed by atoms with E-state index in [2.05, 4.69) is 26.2 Å². The van der Waals surface area contributed by atoms with Crippen molar-refractivity contribution in [2.75, 3.05) is 12.3 Å². The van der Waals surface area contributed by atoms with E-state index in [1.807, 2.05) is 10.8 Å². The number of amides is 1. The number of carbonyl (C=O) groups excluding carboxylic acids is 1. The summed E-state index contributed by atoms with van der Waals surface area (Å²) in [5, 5.41) is 2.83. The Hall–Kier alpha value is -1.82. The van der Waals surface area contributed by atoms with Crippen molar-refractivity contribution in [2.45, 2.75) is 6.54 Å². The molecule has 0 saturated heterocycles. The Labute approximate surface area is 113 Å². The fourth-order valence-electron chi connectivity index (χ4n) is 1.53. The van der Waals surface area contributed by atoms with E-state index < -0.39 is 0 Å². The molecule has 18 heavy (non-hydrogen) atoms. The summed E-state index contributed by atoms with van der Waals surface area (Å²) in [6.45, 7) is 1.22. The van der Waals surface area contributed by atoms with Gasteiger partial charge in [-0.25, -0.2) is 4.98 Å². The Morgan fingerprint density at radius 2 is 2.33 bits per heavy atom. The van der Waals surface area contributed by atoms with Crippen molar-refractivity contribution in [3.05, 3.63) is 47.0 Å². The number of hydrogen-bond donors (Lipinski definition) is 2. The van der Waals surface area contributed by atoms with Gasteiger partial charge in [-0.05, 0) is 34.1 Å². The van der Waals surface area contributed by atoms with Crippen LogP contribution in [-0.4, -0.2) is 22.0 Å². The van der Waals surface area contributed by atoms with E-state index in [0.29, 0.717) is 24.3 Å². The maximum atomic E-state index is 11.9. The zero-order chi connectivity index (χ0) is 13.0. The molecule has 0 aliphatic carbocycles. The predicted octanol–water partition coefficient (Wildman–Crippen LogP) is 1.66. The fraction of sp³-hybridized carbons (Fsp3) is 0.167. The van der Waals surface area contributed by atoms with Crippen LogP contribution >= 0.6 is 15.9 Å². The molecular formula is C12H13BrN4O. The molecule has 94 valence electrons. The lowest BCUT2D eigenvalue weighted by molar-refractivity contribution is 0.0951. The summed E-state index contributed by atoms with van der Waals surface area (Å²) >= 11 is 3.33. The smallest absolute Gasteiger partial charge is 0.252 e. The first kappa shape index (κ1) is 12.6. The zero-order valence-corrected chi connectivity index (χ0v) is 11.2. The van der Waals surface area contributed by atoms with Crippen molar-refractivity contribution >= 4 is 27.5 Å². The number of nitrogens with one attached hydrogen (secondary N) is 1. The minimum Gasteiger partial charge on any atom is -0.399 e. The van der Waals surface area contributed by atoms with Crippen LogP contribution in [0, 0.1) is 0 Å². The standard InChI is InChI=1S/C12H13BrN4O/c13-11-2-1-9(14)7-10(11)12(18)16-4-6-17-5-3-15-8-17/h1-3,5,7-8H,4,6,14H2,(H,16,18). The first-order chi connectivity index (χ1) is 8.66. The van der Waals surface area contributed by atoms with Crippen LogP contribution in [-0.2, 0) is 6.54 Å². The lowest BCUT2D eigenvalue weighted by Gasteiger charge is -2.08. The van der Waals surface area contributed by atoms with E-state index in [0.717, 1.165) is 4.47 Å².